The average molecular weight is 400 g/mol. The second kappa shape index (κ2) is 6.85. The van der Waals surface area contributed by atoms with Crippen molar-refractivity contribution in [3.8, 4) is 5.75 Å². The van der Waals surface area contributed by atoms with E-state index < -0.39 is 10.1 Å². The summed E-state index contributed by atoms with van der Waals surface area (Å²) < 4.78 is 27.8. The van der Waals surface area contributed by atoms with Crippen molar-refractivity contribution in [2.24, 2.45) is 0 Å². The molecule has 1 aliphatic heterocycles. The number of carbonyl (C=O) groups is 1. The number of anilines is 1. The largest absolute Gasteiger partial charge is 0.398 e. The molecule has 1 fully saturated rings. The highest BCUT2D eigenvalue weighted by atomic mass is 79.9. The van der Waals surface area contributed by atoms with Gasteiger partial charge in [-0.15, -0.1) is 12.4 Å². The molecule has 0 unspecified atom stereocenters. The van der Waals surface area contributed by atoms with Gasteiger partial charge in [-0.1, -0.05) is 0 Å². The molecular weight excluding hydrogens is 384 g/mol. The third-order valence-electron chi connectivity index (χ3n) is 2.93. The van der Waals surface area contributed by atoms with Crippen molar-refractivity contribution >= 4 is 50.0 Å². The molecule has 1 heterocycles. The highest BCUT2D eigenvalue weighted by Gasteiger charge is 2.22. The molecule has 6 nitrogen and oxygen atoms in total. The first-order chi connectivity index (χ1) is 9.26. The van der Waals surface area contributed by atoms with Crippen molar-refractivity contribution in [3.05, 3.63) is 22.2 Å². The summed E-state index contributed by atoms with van der Waals surface area (Å²) in [5.74, 6) is 0.236. The predicted octanol–water partition coefficient (Wildman–Crippen LogP) is 1.91. The lowest BCUT2D eigenvalue weighted by atomic mass is 10.2. The highest BCUT2D eigenvalue weighted by Crippen LogP contribution is 2.31. The van der Waals surface area contributed by atoms with Crippen LogP contribution < -0.4 is 9.92 Å². The van der Waals surface area contributed by atoms with Crippen molar-refractivity contribution in [1.82, 2.24) is 4.90 Å². The van der Waals surface area contributed by atoms with E-state index in [0.717, 1.165) is 18.2 Å². The van der Waals surface area contributed by atoms with Crippen molar-refractivity contribution < 1.29 is 17.4 Å². The molecule has 9 heteroatoms. The van der Waals surface area contributed by atoms with Gasteiger partial charge in [0.05, 0.1) is 6.26 Å². The zero-order valence-electron chi connectivity index (χ0n) is 11.3. The van der Waals surface area contributed by atoms with Crippen LogP contribution in [0.15, 0.2) is 16.6 Å². The van der Waals surface area contributed by atoms with E-state index >= 15 is 0 Å². The van der Waals surface area contributed by atoms with Gasteiger partial charge in [0.2, 0.25) is 5.91 Å². The fourth-order valence-corrected chi connectivity index (χ4v) is 2.89. The second-order valence-electron chi connectivity index (χ2n) is 4.69. The Kier molecular flexibility index (Phi) is 5.89. The summed E-state index contributed by atoms with van der Waals surface area (Å²) in [6, 6.07) is 3.01. The maximum absolute atomic E-state index is 11.6. The molecule has 0 spiro atoms. The molecule has 0 aliphatic carbocycles. The number of hydrogen-bond acceptors (Lipinski definition) is 5. The van der Waals surface area contributed by atoms with Crippen LogP contribution in [0.25, 0.3) is 0 Å². The molecule has 21 heavy (non-hydrogen) atoms. The SMILES string of the molecule is CS(=O)(=O)Oc1cc(N)c(Br)c(CN2CCCC2=O)c1.Cl. The van der Waals surface area contributed by atoms with Gasteiger partial charge < -0.3 is 14.8 Å². The zero-order valence-corrected chi connectivity index (χ0v) is 14.6. The fourth-order valence-electron chi connectivity index (χ4n) is 2.09. The van der Waals surface area contributed by atoms with E-state index in [0.29, 0.717) is 29.7 Å². The minimum atomic E-state index is -3.61. The van der Waals surface area contributed by atoms with Gasteiger partial charge in [0, 0.05) is 35.7 Å². The van der Waals surface area contributed by atoms with Gasteiger partial charge >= 0.3 is 10.1 Å². The smallest absolute Gasteiger partial charge is 0.306 e. The lowest BCUT2D eigenvalue weighted by Crippen LogP contribution is -2.24. The van der Waals surface area contributed by atoms with E-state index in [4.69, 9.17) is 9.92 Å². The summed E-state index contributed by atoms with van der Waals surface area (Å²) in [5.41, 5.74) is 6.91. The Balaban J connectivity index is 0.00000220. The van der Waals surface area contributed by atoms with Crippen molar-refractivity contribution in [2.45, 2.75) is 19.4 Å². The lowest BCUT2D eigenvalue weighted by molar-refractivity contribution is -0.128. The Labute approximate surface area is 138 Å². The molecule has 1 aromatic rings. The number of nitrogens with two attached hydrogens (primary N) is 1. The number of nitrogens with zero attached hydrogens (tertiary/aromatic N) is 1. The maximum atomic E-state index is 11.6. The topological polar surface area (TPSA) is 89.7 Å². The van der Waals surface area contributed by atoms with Crippen LogP contribution in [0.3, 0.4) is 0 Å². The highest BCUT2D eigenvalue weighted by molar-refractivity contribution is 9.10. The zero-order chi connectivity index (χ0) is 14.9. The van der Waals surface area contributed by atoms with Crippen LogP contribution in [0, 0.1) is 0 Å². The summed E-state index contributed by atoms with van der Waals surface area (Å²) in [6.45, 7) is 1.08. The van der Waals surface area contributed by atoms with E-state index in [9.17, 15) is 13.2 Å². The monoisotopic (exact) mass is 398 g/mol. The molecule has 1 saturated heterocycles. The molecule has 0 bridgehead atoms. The van der Waals surface area contributed by atoms with Crippen LogP contribution in [0.5, 0.6) is 5.75 Å². The molecule has 1 amide bonds. The normalized spacial score (nSPS) is 15.0. The first-order valence-corrected chi connectivity index (χ1v) is 8.62. The van der Waals surface area contributed by atoms with Gasteiger partial charge in [-0.3, -0.25) is 4.79 Å². The second-order valence-corrected chi connectivity index (χ2v) is 7.06. The van der Waals surface area contributed by atoms with E-state index in [1.807, 2.05) is 0 Å². The van der Waals surface area contributed by atoms with Crippen LogP contribution in [0.4, 0.5) is 5.69 Å². The van der Waals surface area contributed by atoms with Crippen molar-refractivity contribution in [1.29, 1.82) is 0 Å². The quantitative estimate of drug-likeness (QED) is 0.617. The van der Waals surface area contributed by atoms with Crippen LogP contribution in [0.2, 0.25) is 0 Å². The number of nitrogen functional groups attached to an aromatic ring is 1. The molecule has 0 aromatic heterocycles. The molecule has 2 N–H and O–H groups in total. The minimum Gasteiger partial charge on any atom is -0.398 e. The average Bonchev–Trinajstić information content (AvgIpc) is 2.69. The molecule has 0 atom stereocenters. The van der Waals surface area contributed by atoms with Crippen LogP contribution in [-0.4, -0.2) is 32.0 Å². The predicted molar refractivity (Wildman–Crippen MR) is 85.9 cm³/mol. The van der Waals surface area contributed by atoms with Crippen molar-refractivity contribution in [2.75, 3.05) is 18.5 Å². The number of rotatable bonds is 4. The molecule has 0 radical (unpaired) electrons. The summed E-state index contributed by atoms with van der Waals surface area (Å²) >= 11 is 3.35. The van der Waals surface area contributed by atoms with Gasteiger partial charge in [-0.25, -0.2) is 0 Å². The standard InChI is InChI=1S/C12H15BrN2O4S.ClH/c1-20(17,18)19-9-5-8(12(13)10(14)6-9)7-15-4-2-3-11(15)16;/h5-6H,2-4,7,14H2,1H3;1H. The third kappa shape index (κ3) is 4.76. The molecule has 1 aliphatic rings. The number of carbonyl (C=O) groups excluding carboxylic acids is 1. The molecule has 118 valence electrons. The van der Waals surface area contributed by atoms with Crippen molar-refractivity contribution in [3.63, 3.8) is 0 Å². The van der Waals surface area contributed by atoms with Crippen LogP contribution in [-0.2, 0) is 21.5 Å². The summed E-state index contributed by atoms with van der Waals surface area (Å²) in [5, 5.41) is 0. The minimum absolute atomic E-state index is 0. The Morgan fingerprint density at radius 2 is 2.10 bits per heavy atom. The first kappa shape index (κ1) is 18.1. The van der Waals surface area contributed by atoms with E-state index in [1.54, 1.807) is 11.0 Å². The van der Waals surface area contributed by atoms with Gasteiger partial charge in [0.25, 0.3) is 0 Å². The number of likely N-dealkylation sites (tertiary alicyclic amines) is 1. The molecule has 1 aromatic carbocycles. The number of benzene rings is 1. The summed E-state index contributed by atoms with van der Waals surface area (Å²) in [7, 11) is -3.61. The Bertz CT molecular complexity index is 651. The van der Waals surface area contributed by atoms with E-state index in [2.05, 4.69) is 15.9 Å². The van der Waals surface area contributed by atoms with Crippen LogP contribution >= 0.6 is 28.3 Å². The van der Waals surface area contributed by atoms with E-state index in [-0.39, 0.29) is 24.1 Å². The fraction of sp³-hybridized carbons (Fsp3) is 0.417. The number of halogens is 2. The van der Waals surface area contributed by atoms with E-state index in [1.165, 1.54) is 6.07 Å². The lowest BCUT2D eigenvalue weighted by Gasteiger charge is -2.18. The molecular formula is C12H16BrClN2O4S. The van der Waals surface area contributed by atoms with Gasteiger partial charge in [0.1, 0.15) is 5.75 Å². The number of hydrogen-bond donors (Lipinski definition) is 1. The maximum Gasteiger partial charge on any atom is 0.306 e. The molecule has 0 saturated carbocycles. The Morgan fingerprint density at radius 1 is 1.43 bits per heavy atom. The Morgan fingerprint density at radius 3 is 2.62 bits per heavy atom. The van der Waals surface area contributed by atoms with Gasteiger partial charge in [-0.2, -0.15) is 8.42 Å². The summed E-state index contributed by atoms with van der Waals surface area (Å²) in [6.07, 6.45) is 2.35. The third-order valence-corrected chi connectivity index (χ3v) is 4.39. The first-order valence-electron chi connectivity index (χ1n) is 6.01. The van der Waals surface area contributed by atoms with Crippen LogP contribution in [0.1, 0.15) is 18.4 Å². The number of amides is 1. The summed E-state index contributed by atoms with van der Waals surface area (Å²) in [4.78, 5) is 13.4. The van der Waals surface area contributed by atoms with Gasteiger partial charge in [-0.05, 0) is 34.0 Å². The Hall–Kier alpha value is -0.990. The molecule has 2 rings (SSSR count). The van der Waals surface area contributed by atoms with Gasteiger partial charge in [0.15, 0.2) is 0 Å².